The van der Waals surface area contributed by atoms with Crippen LogP contribution in [0.2, 0.25) is 0 Å². The minimum Gasteiger partial charge on any atom is -0.362 e. The summed E-state index contributed by atoms with van der Waals surface area (Å²) in [7, 11) is 0. The van der Waals surface area contributed by atoms with Crippen LogP contribution in [0, 0.1) is 0 Å². The SMILES string of the molecule is C(=C/c1ccc(-c2ccccc2)cc1)/C(=C\C=C\Nc1ccc(-c2ccccc2)cc1)C1(c2ccc(N(c3ccc(-c4ccccc4)cc3)c3ccc(-c4ccccc4)cc3)cc2)c2ccccc2-c2ccccc21. The molecular weight excluding hydrogens is 905 g/mol. The Morgan fingerprint density at radius 1 is 0.333 bits per heavy atom. The monoisotopic (exact) mass is 958 g/mol. The van der Waals surface area contributed by atoms with E-state index in [0.29, 0.717) is 0 Å². The molecule has 0 saturated heterocycles. The van der Waals surface area contributed by atoms with Gasteiger partial charge < -0.3 is 10.2 Å². The van der Waals surface area contributed by atoms with Crippen LogP contribution in [-0.2, 0) is 5.41 Å². The van der Waals surface area contributed by atoms with Crippen molar-refractivity contribution in [2.75, 3.05) is 10.2 Å². The van der Waals surface area contributed by atoms with Crippen molar-refractivity contribution < 1.29 is 0 Å². The Morgan fingerprint density at radius 3 is 1.11 bits per heavy atom. The van der Waals surface area contributed by atoms with Crippen molar-refractivity contribution in [3.05, 3.63) is 343 Å². The molecular formula is C73H54N2. The van der Waals surface area contributed by atoms with Gasteiger partial charge in [-0.05, 0) is 138 Å². The molecule has 0 saturated carbocycles. The normalized spacial score (nSPS) is 12.6. The van der Waals surface area contributed by atoms with Crippen molar-refractivity contribution in [1.29, 1.82) is 0 Å². The lowest BCUT2D eigenvalue weighted by Crippen LogP contribution is -2.29. The van der Waals surface area contributed by atoms with Gasteiger partial charge in [0.1, 0.15) is 0 Å². The fourth-order valence-corrected chi connectivity index (χ4v) is 10.8. The number of nitrogens with zero attached hydrogens (tertiary/aromatic N) is 1. The van der Waals surface area contributed by atoms with Crippen LogP contribution in [0.1, 0.15) is 22.3 Å². The second kappa shape index (κ2) is 21.1. The van der Waals surface area contributed by atoms with Gasteiger partial charge in [-0.1, -0.05) is 261 Å². The van der Waals surface area contributed by atoms with Gasteiger partial charge in [0.25, 0.3) is 0 Å². The van der Waals surface area contributed by atoms with E-state index in [1.54, 1.807) is 0 Å². The molecule has 0 fully saturated rings. The van der Waals surface area contributed by atoms with Crippen LogP contribution in [0.5, 0.6) is 0 Å². The van der Waals surface area contributed by atoms with Crippen molar-refractivity contribution in [3.8, 4) is 55.6 Å². The molecule has 1 aliphatic rings. The van der Waals surface area contributed by atoms with E-state index in [2.05, 4.69) is 326 Å². The number of allylic oxidation sites excluding steroid dienone is 4. The second-order valence-corrected chi connectivity index (χ2v) is 18.9. The highest BCUT2D eigenvalue weighted by atomic mass is 15.1. The molecule has 75 heavy (non-hydrogen) atoms. The quantitative estimate of drug-likeness (QED) is 0.109. The predicted octanol–water partition coefficient (Wildman–Crippen LogP) is 19.4. The zero-order chi connectivity index (χ0) is 50.2. The predicted molar refractivity (Wildman–Crippen MR) is 317 cm³/mol. The average Bonchev–Trinajstić information content (AvgIpc) is 3.84. The van der Waals surface area contributed by atoms with Gasteiger partial charge in [0.05, 0.1) is 5.41 Å². The summed E-state index contributed by atoms with van der Waals surface area (Å²) in [5, 5.41) is 3.58. The number of nitrogens with one attached hydrogen (secondary N) is 1. The molecule has 11 aromatic rings. The molecule has 0 bridgehead atoms. The zero-order valence-corrected chi connectivity index (χ0v) is 41.5. The Labute approximate surface area is 441 Å². The van der Waals surface area contributed by atoms with Crippen LogP contribution in [0.25, 0.3) is 61.7 Å². The molecule has 0 amide bonds. The first kappa shape index (κ1) is 46.3. The molecule has 0 spiro atoms. The summed E-state index contributed by atoms with van der Waals surface area (Å²) in [5.74, 6) is 0. The van der Waals surface area contributed by atoms with E-state index in [1.165, 1.54) is 72.3 Å². The van der Waals surface area contributed by atoms with Crippen molar-refractivity contribution in [1.82, 2.24) is 0 Å². The highest BCUT2D eigenvalue weighted by Gasteiger charge is 2.46. The van der Waals surface area contributed by atoms with Gasteiger partial charge in [0, 0.05) is 28.9 Å². The van der Waals surface area contributed by atoms with Crippen molar-refractivity contribution in [2.24, 2.45) is 0 Å². The molecule has 2 heteroatoms. The third kappa shape index (κ3) is 9.45. The summed E-state index contributed by atoms with van der Waals surface area (Å²) in [6.07, 6.45) is 11.1. The van der Waals surface area contributed by atoms with Crippen LogP contribution in [-0.4, -0.2) is 0 Å². The highest BCUT2D eigenvalue weighted by Crippen LogP contribution is 2.57. The van der Waals surface area contributed by atoms with E-state index >= 15 is 0 Å². The largest absolute Gasteiger partial charge is 0.362 e. The smallest absolute Gasteiger partial charge is 0.0713 e. The molecule has 0 aliphatic heterocycles. The van der Waals surface area contributed by atoms with Gasteiger partial charge >= 0.3 is 0 Å². The van der Waals surface area contributed by atoms with Gasteiger partial charge in [0.2, 0.25) is 0 Å². The van der Waals surface area contributed by atoms with E-state index in [0.717, 1.165) is 33.9 Å². The van der Waals surface area contributed by atoms with Crippen molar-refractivity contribution >= 4 is 28.8 Å². The van der Waals surface area contributed by atoms with Crippen LogP contribution >= 0.6 is 0 Å². The molecule has 356 valence electrons. The van der Waals surface area contributed by atoms with Gasteiger partial charge in [0.15, 0.2) is 0 Å². The lowest BCUT2D eigenvalue weighted by atomic mass is 9.67. The third-order valence-corrected chi connectivity index (χ3v) is 14.5. The van der Waals surface area contributed by atoms with Gasteiger partial charge in [-0.15, -0.1) is 0 Å². The number of fused-ring (bicyclic) bond motifs is 3. The maximum absolute atomic E-state index is 3.58. The zero-order valence-electron chi connectivity index (χ0n) is 41.5. The molecule has 0 radical (unpaired) electrons. The Hall–Kier alpha value is -9.76. The Bertz CT molecular complexity index is 3640. The van der Waals surface area contributed by atoms with E-state index in [1.807, 2.05) is 6.20 Å². The average molecular weight is 959 g/mol. The van der Waals surface area contributed by atoms with Crippen molar-refractivity contribution in [2.45, 2.75) is 5.41 Å². The maximum Gasteiger partial charge on any atom is 0.0713 e. The Morgan fingerprint density at radius 2 is 0.680 bits per heavy atom. The van der Waals surface area contributed by atoms with Crippen molar-refractivity contribution in [3.63, 3.8) is 0 Å². The summed E-state index contributed by atoms with van der Waals surface area (Å²) in [5.41, 5.74) is 21.5. The van der Waals surface area contributed by atoms with E-state index in [-0.39, 0.29) is 0 Å². The maximum atomic E-state index is 3.58. The Balaban J connectivity index is 0.977. The lowest BCUT2D eigenvalue weighted by Gasteiger charge is -2.35. The molecule has 12 rings (SSSR count). The molecule has 0 atom stereocenters. The first-order valence-corrected chi connectivity index (χ1v) is 25.7. The molecule has 1 N–H and O–H groups in total. The van der Waals surface area contributed by atoms with Crippen LogP contribution < -0.4 is 10.2 Å². The standard InChI is InChI=1S/C73H54N2/c1-5-18-55(19-6-1)59-34-31-54(32-35-59)33-42-63(26-17-53-74-65-45-36-60(37-46-65)56-20-7-2-8-21-56)73(71-29-15-13-27-69(71)70-28-14-16-30-72(70)73)64-43-51-68(52-44-64)75(66-47-38-61(39-48-66)57-22-9-3-10-23-57)67-49-40-62(41-50-67)58-24-11-4-12-25-58/h1-53,74H/b42-33-,53-17+,63-26+. The molecule has 0 heterocycles. The van der Waals surface area contributed by atoms with Crippen LogP contribution in [0.3, 0.4) is 0 Å². The summed E-state index contributed by atoms with van der Waals surface area (Å²) < 4.78 is 0. The summed E-state index contributed by atoms with van der Waals surface area (Å²) in [6.45, 7) is 0. The number of anilines is 4. The number of hydrogen-bond acceptors (Lipinski definition) is 2. The fourth-order valence-electron chi connectivity index (χ4n) is 10.8. The highest BCUT2D eigenvalue weighted by molar-refractivity contribution is 5.88. The minimum atomic E-state index is -0.673. The van der Waals surface area contributed by atoms with E-state index in [9.17, 15) is 0 Å². The van der Waals surface area contributed by atoms with E-state index in [4.69, 9.17) is 0 Å². The summed E-state index contributed by atoms with van der Waals surface area (Å²) >= 11 is 0. The number of rotatable bonds is 14. The molecule has 2 nitrogen and oxygen atoms in total. The van der Waals surface area contributed by atoms with Gasteiger partial charge in [-0.3, -0.25) is 0 Å². The van der Waals surface area contributed by atoms with Crippen LogP contribution in [0.15, 0.2) is 321 Å². The third-order valence-electron chi connectivity index (χ3n) is 14.5. The lowest BCUT2D eigenvalue weighted by molar-refractivity contribution is 0.768. The van der Waals surface area contributed by atoms with E-state index < -0.39 is 5.41 Å². The number of hydrogen-bond donors (Lipinski definition) is 1. The topological polar surface area (TPSA) is 15.3 Å². The summed E-state index contributed by atoms with van der Waals surface area (Å²) in [4.78, 5) is 2.37. The molecule has 11 aromatic carbocycles. The first-order valence-electron chi connectivity index (χ1n) is 25.7. The molecule has 0 unspecified atom stereocenters. The van der Waals surface area contributed by atoms with Crippen LogP contribution in [0.4, 0.5) is 22.7 Å². The molecule has 0 aromatic heterocycles. The first-order chi connectivity index (χ1) is 37.2. The van der Waals surface area contributed by atoms with Gasteiger partial charge in [-0.25, -0.2) is 0 Å². The molecule has 1 aliphatic carbocycles. The number of benzene rings is 11. The summed E-state index contributed by atoms with van der Waals surface area (Å²) in [6, 6.07) is 105. The second-order valence-electron chi connectivity index (χ2n) is 18.9. The Kier molecular flexibility index (Phi) is 13.1. The minimum absolute atomic E-state index is 0.673. The fraction of sp³-hybridized carbons (Fsp3) is 0.0137. The van der Waals surface area contributed by atoms with Gasteiger partial charge in [-0.2, -0.15) is 0 Å².